The summed E-state index contributed by atoms with van der Waals surface area (Å²) < 4.78 is 5.91. The average molecular weight is 357 g/mol. The van der Waals surface area contributed by atoms with Crippen LogP contribution in [0.3, 0.4) is 0 Å². The van der Waals surface area contributed by atoms with Crippen LogP contribution in [0, 0.1) is 0 Å². The minimum absolute atomic E-state index is 0.318. The summed E-state index contributed by atoms with van der Waals surface area (Å²) in [5.41, 5.74) is 3.22. The summed E-state index contributed by atoms with van der Waals surface area (Å²) in [6.07, 6.45) is 7.31. The zero-order chi connectivity index (χ0) is 15.8. The van der Waals surface area contributed by atoms with E-state index < -0.39 is 0 Å². The highest BCUT2D eigenvalue weighted by Crippen LogP contribution is 2.14. The molecule has 0 fully saturated rings. The van der Waals surface area contributed by atoms with Gasteiger partial charge in [-0.15, -0.1) is 0 Å². The number of hydrogen-bond acceptors (Lipinski definition) is 2. The highest BCUT2D eigenvalue weighted by Gasteiger charge is 1.94. The Kier molecular flexibility index (Phi) is 6.16. The summed E-state index contributed by atoms with van der Waals surface area (Å²) in [4.78, 5) is 11.2. The fourth-order valence-corrected chi connectivity index (χ4v) is 2.10. The third kappa shape index (κ3) is 5.34. The van der Waals surface area contributed by atoms with Gasteiger partial charge < -0.3 is 4.74 Å². The molecule has 0 aliphatic carbocycles. The third-order valence-corrected chi connectivity index (χ3v) is 3.50. The molecule has 0 saturated heterocycles. The Hall–Kier alpha value is -2.13. The second kappa shape index (κ2) is 8.35. The molecule has 2 nitrogen and oxygen atoms in total. The number of ether oxygens (including phenoxy) is 1. The Morgan fingerprint density at radius 3 is 1.86 bits per heavy atom. The SMILES string of the molecule is CCOC(=O)/C=C/c1ccc(/C=C/c2ccc(Br)cc2)cc1. The second-order valence-electron chi connectivity index (χ2n) is 4.64. The van der Waals surface area contributed by atoms with E-state index in [2.05, 4.69) is 40.2 Å². The van der Waals surface area contributed by atoms with Crippen LogP contribution in [0.1, 0.15) is 23.6 Å². The van der Waals surface area contributed by atoms with Crippen LogP contribution in [0.25, 0.3) is 18.2 Å². The van der Waals surface area contributed by atoms with Crippen LogP contribution in [0.4, 0.5) is 0 Å². The van der Waals surface area contributed by atoms with E-state index in [1.54, 1.807) is 13.0 Å². The molecule has 0 spiro atoms. The summed E-state index contributed by atoms with van der Waals surface area (Å²) in [7, 11) is 0. The van der Waals surface area contributed by atoms with Gasteiger partial charge in [0.25, 0.3) is 0 Å². The van der Waals surface area contributed by atoms with E-state index in [1.165, 1.54) is 6.08 Å². The molecule has 0 radical (unpaired) electrons. The molecule has 22 heavy (non-hydrogen) atoms. The standard InChI is InChI=1S/C19H17BrO2/c1-2-22-19(21)14-11-16-6-3-15(4-7-16)5-8-17-9-12-18(20)13-10-17/h3-14H,2H2,1H3/b8-5+,14-11+. The van der Waals surface area contributed by atoms with Crippen molar-refractivity contribution in [3.63, 3.8) is 0 Å². The maximum absolute atomic E-state index is 11.2. The molecular formula is C19H17BrO2. The molecular weight excluding hydrogens is 340 g/mol. The monoisotopic (exact) mass is 356 g/mol. The minimum atomic E-state index is -0.318. The predicted octanol–water partition coefficient (Wildman–Crippen LogP) is 5.20. The van der Waals surface area contributed by atoms with E-state index in [4.69, 9.17) is 4.74 Å². The number of rotatable bonds is 5. The molecule has 0 bridgehead atoms. The number of esters is 1. The Bertz CT molecular complexity index is 668. The molecule has 2 rings (SSSR count). The molecule has 0 amide bonds. The lowest BCUT2D eigenvalue weighted by Gasteiger charge is -1.98. The van der Waals surface area contributed by atoms with Crippen molar-refractivity contribution in [1.29, 1.82) is 0 Å². The minimum Gasteiger partial charge on any atom is -0.463 e. The molecule has 0 heterocycles. The lowest BCUT2D eigenvalue weighted by molar-refractivity contribution is -0.137. The van der Waals surface area contributed by atoms with Crippen molar-refractivity contribution < 1.29 is 9.53 Å². The van der Waals surface area contributed by atoms with E-state index in [0.29, 0.717) is 6.61 Å². The maximum Gasteiger partial charge on any atom is 0.330 e. The zero-order valence-corrected chi connectivity index (χ0v) is 13.9. The van der Waals surface area contributed by atoms with E-state index in [1.807, 2.05) is 36.4 Å². The van der Waals surface area contributed by atoms with Crippen LogP contribution < -0.4 is 0 Å². The number of carbonyl (C=O) groups excluding carboxylic acids is 1. The van der Waals surface area contributed by atoms with Gasteiger partial charge in [-0.2, -0.15) is 0 Å². The van der Waals surface area contributed by atoms with Gasteiger partial charge in [0.2, 0.25) is 0 Å². The highest BCUT2D eigenvalue weighted by molar-refractivity contribution is 9.10. The summed E-state index contributed by atoms with van der Waals surface area (Å²) in [5.74, 6) is -0.318. The largest absolute Gasteiger partial charge is 0.463 e. The van der Waals surface area contributed by atoms with Gasteiger partial charge in [-0.05, 0) is 41.8 Å². The molecule has 112 valence electrons. The van der Waals surface area contributed by atoms with E-state index in [9.17, 15) is 4.79 Å². The van der Waals surface area contributed by atoms with Crippen molar-refractivity contribution in [3.8, 4) is 0 Å². The third-order valence-electron chi connectivity index (χ3n) is 2.97. The maximum atomic E-state index is 11.2. The molecule has 0 unspecified atom stereocenters. The van der Waals surface area contributed by atoms with Crippen LogP contribution in [0.15, 0.2) is 59.1 Å². The average Bonchev–Trinajstić information content (AvgIpc) is 2.54. The number of hydrogen-bond donors (Lipinski definition) is 0. The molecule has 0 aromatic heterocycles. The predicted molar refractivity (Wildman–Crippen MR) is 95.2 cm³/mol. The highest BCUT2D eigenvalue weighted by atomic mass is 79.9. The van der Waals surface area contributed by atoms with Gasteiger partial charge in [-0.3, -0.25) is 0 Å². The number of halogens is 1. The molecule has 2 aromatic carbocycles. The molecule has 0 saturated carbocycles. The fourth-order valence-electron chi connectivity index (χ4n) is 1.84. The van der Waals surface area contributed by atoms with Crippen LogP contribution in [-0.2, 0) is 9.53 Å². The van der Waals surface area contributed by atoms with Gasteiger partial charge in [0.1, 0.15) is 0 Å². The second-order valence-corrected chi connectivity index (χ2v) is 5.55. The quantitative estimate of drug-likeness (QED) is 0.418. The van der Waals surface area contributed by atoms with Gasteiger partial charge in [0, 0.05) is 10.5 Å². The smallest absolute Gasteiger partial charge is 0.330 e. The lowest BCUT2D eigenvalue weighted by atomic mass is 10.1. The summed E-state index contributed by atoms with van der Waals surface area (Å²) in [5, 5.41) is 0. The Morgan fingerprint density at radius 1 is 0.909 bits per heavy atom. The fraction of sp³-hybridized carbons (Fsp3) is 0.105. The Labute approximate surface area is 139 Å². The van der Waals surface area contributed by atoms with Gasteiger partial charge in [-0.25, -0.2) is 4.79 Å². The molecule has 3 heteroatoms. The summed E-state index contributed by atoms with van der Waals surface area (Å²) >= 11 is 3.42. The van der Waals surface area contributed by atoms with E-state index in [0.717, 1.165) is 21.2 Å². The van der Waals surface area contributed by atoms with Crippen molar-refractivity contribution in [3.05, 3.63) is 75.8 Å². The van der Waals surface area contributed by atoms with Gasteiger partial charge in [0.05, 0.1) is 6.61 Å². The topological polar surface area (TPSA) is 26.3 Å². The Morgan fingerprint density at radius 2 is 1.36 bits per heavy atom. The van der Waals surface area contributed by atoms with Gasteiger partial charge in [0.15, 0.2) is 0 Å². The molecule has 0 aliphatic heterocycles. The van der Waals surface area contributed by atoms with Crippen LogP contribution in [-0.4, -0.2) is 12.6 Å². The summed E-state index contributed by atoms with van der Waals surface area (Å²) in [6.45, 7) is 2.18. The van der Waals surface area contributed by atoms with Crippen LogP contribution in [0.5, 0.6) is 0 Å². The lowest BCUT2D eigenvalue weighted by Crippen LogP contribution is -1.98. The van der Waals surface area contributed by atoms with Crippen LogP contribution >= 0.6 is 15.9 Å². The molecule has 0 N–H and O–H groups in total. The molecule has 0 aliphatic rings. The first-order chi connectivity index (χ1) is 10.7. The normalized spacial score (nSPS) is 11.2. The van der Waals surface area contributed by atoms with Gasteiger partial charge >= 0.3 is 5.97 Å². The zero-order valence-electron chi connectivity index (χ0n) is 12.3. The van der Waals surface area contributed by atoms with E-state index in [-0.39, 0.29) is 5.97 Å². The van der Waals surface area contributed by atoms with Crippen molar-refractivity contribution in [1.82, 2.24) is 0 Å². The first-order valence-corrected chi connectivity index (χ1v) is 7.85. The number of carbonyl (C=O) groups is 1. The number of benzene rings is 2. The van der Waals surface area contributed by atoms with Crippen molar-refractivity contribution >= 4 is 40.1 Å². The van der Waals surface area contributed by atoms with Crippen LogP contribution in [0.2, 0.25) is 0 Å². The van der Waals surface area contributed by atoms with E-state index >= 15 is 0 Å². The van der Waals surface area contributed by atoms with Crippen molar-refractivity contribution in [2.75, 3.05) is 6.61 Å². The molecule has 2 aromatic rings. The first kappa shape index (κ1) is 16.2. The van der Waals surface area contributed by atoms with Crippen molar-refractivity contribution in [2.24, 2.45) is 0 Å². The molecule has 0 atom stereocenters. The van der Waals surface area contributed by atoms with Gasteiger partial charge in [-0.1, -0.05) is 64.5 Å². The van der Waals surface area contributed by atoms with Crippen molar-refractivity contribution in [2.45, 2.75) is 6.92 Å². The Balaban J connectivity index is 1.99. The summed E-state index contributed by atoms with van der Waals surface area (Å²) in [6, 6.07) is 16.1. The first-order valence-electron chi connectivity index (χ1n) is 7.06.